The summed E-state index contributed by atoms with van der Waals surface area (Å²) in [6.45, 7) is 0.366. The lowest BCUT2D eigenvalue weighted by molar-refractivity contribution is -0.0914. The second kappa shape index (κ2) is 7.01. The zero-order valence-electron chi connectivity index (χ0n) is 10.1. The van der Waals surface area contributed by atoms with Crippen LogP contribution in [0.15, 0.2) is 11.0 Å². The Hall–Kier alpha value is -1.55. The summed E-state index contributed by atoms with van der Waals surface area (Å²) in [5.74, 6) is 2.34. The van der Waals surface area contributed by atoms with Gasteiger partial charge >= 0.3 is 0 Å². The molecule has 0 bridgehead atoms. The molecule has 1 heterocycles. The van der Waals surface area contributed by atoms with Crippen LogP contribution < -0.4 is 10.9 Å². The Morgan fingerprint density at radius 3 is 2.83 bits per heavy atom. The predicted octanol–water partition coefficient (Wildman–Crippen LogP) is 0.561. The van der Waals surface area contributed by atoms with Crippen molar-refractivity contribution in [2.24, 2.45) is 0 Å². The highest BCUT2D eigenvalue weighted by Gasteiger charge is 2.12. The second-order valence-electron chi connectivity index (χ2n) is 3.32. The summed E-state index contributed by atoms with van der Waals surface area (Å²) in [6.07, 6.45) is 6.02. The maximum atomic E-state index is 11.9. The van der Waals surface area contributed by atoms with E-state index >= 15 is 0 Å². The van der Waals surface area contributed by atoms with Gasteiger partial charge in [-0.15, -0.1) is 6.42 Å². The van der Waals surface area contributed by atoms with E-state index in [9.17, 15) is 4.79 Å². The van der Waals surface area contributed by atoms with Crippen LogP contribution in [0.2, 0.25) is 5.02 Å². The van der Waals surface area contributed by atoms with Crippen LogP contribution in [-0.2, 0) is 16.0 Å². The molecule has 0 atom stereocenters. The van der Waals surface area contributed by atoms with E-state index in [0.717, 1.165) is 4.68 Å². The molecule has 0 saturated heterocycles. The number of rotatable bonds is 6. The van der Waals surface area contributed by atoms with Crippen molar-refractivity contribution in [2.75, 3.05) is 26.1 Å². The van der Waals surface area contributed by atoms with E-state index in [1.807, 2.05) is 0 Å². The lowest BCUT2D eigenvalue weighted by Gasteiger charge is -2.15. The molecule has 0 radical (unpaired) electrons. The molecule has 18 heavy (non-hydrogen) atoms. The van der Waals surface area contributed by atoms with E-state index in [0.29, 0.717) is 0 Å². The Morgan fingerprint density at radius 2 is 2.28 bits per heavy atom. The molecular formula is C11H14ClN3O3. The van der Waals surface area contributed by atoms with Crippen LogP contribution in [0.5, 0.6) is 0 Å². The summed E-state index contributed by atoms with van der Waals surface area (Å²) in [4.78, 5) is 11.9. The molecule has 6 nitrogen and oxygen atoms in total. The quantitative estimate of drug-likeness (QED) is 0.605. The van der Waals surface area contributed by atoms with Gasteiger partial charge in [-0.25, -0.2) is 4.68 Å². The lowest BCUT2D eigenvalue weighted by Crippen LogP contribution is -2.30. The fraction of sp³-hybridized carbons (Fsp3) is 0.455. The Morgan fingerprint density at radius 1 is 1.61 bits per heavy atom. The number of terminal acetylenes is 1. The molecule has 1 aromatic rings. The SMILES string of the molecule is C#CCn1ncc(Cl)c(NCC(OC)OC)c1=O. The number of aromatic nitrogens is 2. The third-order valence-corrected chi connectivity index (χ3v) is 2.50. The summed E-state index contributed by atoms with van der Waals surface area (Å²) in [7, 11) is 3.00. The fourth-order valence-corrected chi connectivity index (χ4v) is 1.47. The number of anilines is 1. The van der Waals surface area contributed by atoms with E-state index in [1.165, 1.54) is 20.4 Å². The summed E-state index contributed by atoms with van der Waals surface area (Å²) in [5, 5.41) is 6.90. The number of nitrogens with zero attached hydrogens (tertiary/aromatic N) is 2. The first-order valence-electron chi connectivity index (χ1n) is 5.12. The van der Waals surface area contributed by atoms with E-state index in [-0.39, 0.29) is 29.4 Å². The average molecular weight is 272 g/mol. The summed E-state index contributed by atoms with van der Waals surface area (Å²) < 4.78 is 11.1. The summed E-state index contributed by atoms with van der Waals surface area (Å²) in [5.41, 5.74) is -0.160. The second-order valence-corrected chi connectivity index (χ2v) is 3.72. The smallest absolute Gasteiger partial charge is 0.292 e. The van der Waals surface area contributed by atoms with Gasteiger partial charge in [-0.3, -0.25) is 4.79 Å². The first kappa shape index (κ1) is 14.5. The molecule has 1 rings (SSSR count). The highest BCUT2D eigenvalue weighted by Crippen LogP contribution is 2.15. The van der Waals surface area contributed by atoms with Gasteiger partial charge in [-0.1, -0.05) is 17.5 Å². The molecule has 0 spiro atoms. The van der Waals surface area contributed by atoms with Crippen molar-refractivity contribution < 1.29 is 9.47 Å². The molecular weight excluding hydrogens is 258 g/mol. The minimum absolute atomic E-state index is 0.0860. The standard InChI is InChI=1S/C11H14ClN3O3/c1-4-5-15-11(16)10(8(12)6-14-15)13-7-9(17-2)18-3/h1,6,9,13H,5,7H2,2-3H3. The van der Waals surface area contributed by atoms with E-state index < -0.39 is 6.29 Å². The number of hydrogen-bond donors (Lipinski definition) is 1. The lowest BCUT2D eigenvalue weighted by atomic mass is 10.4. The Bertz CT molecular complexity index is 491. The van der Waals surface area contributed by atoms with Crippen LogP contribution in [0, 0.1) is 12.3 Å². The number of hydrogen-bond acceptors (Lipinski definition) is 5. The van der Waals surface area contributed by atoms with Crippen molar-refractivity contribution in [1.29, 1.82) is 0 Å². The van der Waals surface area contributed by atoms with Crippen LogP contribution in [0.3, 0.4) is 0 Å². The number of ether oxygens (including phenoxy) is 2. The number of halogens is 1. The third kappa shape index (κ3) is 3.47. The Labute approximate surface area is 110 Å². The van der Waals surface area contributed by atoms with E-state index in [2.05, 4.69) is 16.3 Å². The van der Waals surface area contributed by atoms with Crippen molar-refractivity contribution in [3.05, 3.63) is 21.6 Å². The molecule has 1 aromatic heterocycles. The highest BCUT2D eigenvalue weighted by atomic mass is 35.5. The minimum Gasteiger partial charge on any atom is -0.374 e. The molecule has 0 fully saturated rings. The van der Waals surface area contributed by atoms with E-state index in [4.69, 9.17) is 27.5 Å². The maximum Gasteiger partial charge on any atom is 0.292 e. The van der Waals surface area contributed by atoms with Crippen LogP contribution >= 0.6 is 11.6 Å². The first-order chi connectivity index (χ1) is 8.63. The average Bonchev–Trinajstić information content (AvgIpc) is 2.37. The molecule has 0 unspecified atom stereocenters. The molecule has 0 aromatic carbocycles. The van der Waals surface area contributed by atoms with Gasteiger partial charge in [-0.05, 0) is 0 Å². The van der Waals surface area contributed by atoms with Gasteiger partial charge in [0.1, 0.15) is 12.2 Å². The monoisotopic (exact) mass is 271 g/mol. The fourth-order valence-electron chi connectivity index (χ4n) is 1.28. The van der Waals surface area contributed by atoms with Crippen molar-refractivity contribution in [3.63, 3.8) is 0 Å². The highest BCUT2D eigenvalue weighted by molar-refractivity contribution is 6.32. The van der Waals surface area contributed by atoms with Gasteiger partial charge in [-0.2, -0.15) is 5.10 Å². The zero-order chi connectivity index (χ0) is 13.5. The predicted molar refractivity (Wildman–Crippen MR) is 68.6 cm³/mol. The van der Waals surface area contributed by atoms with Gasteiger partial charge in [0.15, 0.2) is 6.29 Å². The summed E-state index contributed by atoms with van der Waals surface area (Å²) >= 11 is 5.90. The summed E-state index contributed by atoms with van der Waals surface area (Å²) in [6, 6.07) is 0. The normalized spacial score (nSPS) is 10.4. The van der Waals surface area contributed by atoms with Crippen LogP contribution in [0.1, 0.15) is 0 Å². The third-order valence-electron chi connectivity index (χ3n) is 2.21. The van der Waals surface area contributed by atoms with Gasteiger partial charge in [0.2, 0.25) is 0 Å². The van der Waals surface area contributed by atoms with Crippen molar-refractivity contribution in [3.8, 4) is 12.3 Å². The molecule has 98 valence electrons. The molecule has 0 aliphatic carbocycles. The van der Waals surface area contributed by atoms with Gasteiger partial charge < -0.3 is 14.8 Å². The van der Waals surface area contributed by atoms with Crippen LogP contribution in [-0.4, -0.2) is 36.8 Å². The van der Waals surface area contributed by atoms with Crippen molar-refractivity contribution >= 4 is 17.3 Å². The maximum absolute atomic E-state index is 11.9. The minimum atomic E-state index is -0.477. The van der Waals surface area contributed by atoms with E-state index in [1.54, 1.807) is 0 Å². The van der Waals surface area contributed by atoms with Gasteiger partial charge in [0, 0.05) is 14.2 Å². The zero-order valence-corrected chi connectivity index (χ0v) is 10.9. The largest absolute Gasteiger partial charge is 0.374 e. The number of nitrogens with one attached hydrogen (secondary N) is 1. The molecule has 0 aliphatic heterocycles. The van der Waals surface area contributed by atoms with Crippen molar-refractivity contribution in [2.45, 2.75) is 12.8 Å². The van der Waals surface area contributed by atoms with Crippen molar-refractivity contribution in [1.82, 2.24) is 9.78 Å². The Balaban J connectivity index is 2.91. The molecule has 7 heteroatoms. The Kier molecular flexibility index (Phi) is 5.65. The van der Waals surface area contributed by atoms with Crippen LogP contribution in [0.25, 0.3) is 0 Å². The molecule has 1 N–H and O–H groups in total. The molecule has 0 amide bonds. The number of methoxy groups -OCH3 is 2. The first-order valence-corrected chi connectivity index (χ1v) is 5.50. The molecule has 0 aliphatic rings. The van der Waals surface area contributed by atoms with Gasteiger partial charge in [0.05, 0.1) is 17.8 Å². The topological polar surface area (TPSA) is 65.4 Å². The van der Waals surface area contributed by atoms with Crippen LogP contribution in [0.4, 0.5) is 5.69 Å². The van der Waals surface area contributed by atoms with Gasteiger partial charge in [0.25, 0.3) is 5.56 Å². The molecule has 0 saturated carbocycles.